The van der Waals surface area contributed by atoms with Crippen LogP contribution in [0.3, 0.4) is 0 Å². The first-order valence-corrected chi connectivity index (χ1v) is 9.68. The highest BCUT2D eigenvalue weighted by molar-refractivity contribution is 7.92. The minimum absolute atomic E-state index is 0.117. The van der Waals surface area contributed by atoms with Gasteiger partial charge in [0.1, 0.15) is 5.75 Å². The normalized spacial score (nSPS) is 16.7. The van der Waals surface area contributed by atoms with E-state index < -0.39 is 22.0 Å². The van der Waals surface area contributed by atoms with Gasteiger partial charge in [0.2, 0.25) is 10.0 Å². The summed E-state index contributed by atoms with van der Waals surface area (Å²) in [6.45, 7) is 0.182. The molecule has 1 N–H and O–H groups in total. The molecule has 1 aliphatic heterocycles. The largest absolute Gasteiger partial charge is 0.476 e. The number of benzene rings is 1. The third kappa shape index (κ3) is 4.02. The SMILES string of the molecule is CS(=O)(=O)N1CC(C(=O)NCc2ccncc2)Oc2ccc(Cl)cc21. The van der Waals surface area contributed by atoms with Crippen LogP contribution in [-0.2, 0) is 21.4 Å². The van der Waals surface area contributed by atoms with Crippen molar-refractivity contribution in [2.45, 2.75) is 12.6 Å². The molecule has 1 atom stereocenters. The second kappa shape index (κ2) is 6.89. The van der Waals surface area contributed by atoms with Crippen LogP contribution in [0.1, 0.15) is 5.56 Å². The number of fused-ring (bicyclic) bond motifs is 1. The van der Waals surface area contributed by atoms with Crippen LogP contribution in [0.4, 0.5) is 5.69 Å². The van der Waals surface area contributed by atoms with Crippen molar-refractivity contribution in [2.75, 3.05) is 17.1 Å². The second-order valence-electron chi connectivity index (χ2n) is 5.59. The van der Waals surface area contributed by atoms with Crippen molar-refractivity contribution >= 4 is 33.2 Å². The summed E-state index contributed by atoms with van der Waals surface area (Å²) in [7, 11) is -3.58. The Morgan fingerprint density at radius 1 is 1.36 bits per heavy atom. The predicted octanol–water partition coefficient (Wildman–Crippen LogP) is 1.58. The van der Waals surface area contributed by atoms with Gasteiger partial charge >= 0.3 is 0 Å². The van der Waals surface area contributed by atoms with Crippen molar-refractivity contribution in [3.05, 3.63) is 53.3 Å². The quantitative estimate of drug-likeness (QED) is 0.868. The maximum absolute atomic E-state index is 12.4. The summed E-state index contributed by atoms with van der Waals surface area (Å²) >= 11 is 5.95. The van der Waals surface area contributed by atoms with Crippen LogP contribution >= 0.6 is 11.6 Å². The maximum atomic E-state index is 12.4. The molecule has 0 bridgehead atoms. The molecule has 9 heteroatoms. The average Bonchev–Trinajstić information content (AvgIpc) is 2.58. The lowest BCUT2D eigenvalue weighted by Crippen LogP contribution is -2.50. The molecule has 7 nitrogen and oxygen atoms in total. The summed E-state index contributed by atoms with van der Waals surface area (Å²) in [5, 5.41) is 3.13. The standard InChI is InChI=1S/C16H16ClN3O4S/c1-25(22,23)20-10-15(24-14-3-2-12(17)8-13(14)20)16(21)19-9-11-4-6-18-7-5-11/h2-8,15H,9-10H2,1H3,(H,19,21). The highest BCUT2D eigenvalue weighted by atomic mass is 35.5. The van der Waals surface area contributed by atoms with Gasteiger partial charge in [0.25, 0.3) is 5.91 Å². The van der Waals surface area contributed by atoms with Gasteiger partial charge in [0.15, 0.2) is 6.10 Å². The molecule has 0 aliphatic carbocycles. The van der Waals surface area contributed by atoms with E-state index in [0.717, 1.165) is 16.1 Å². The Kier molecular flexibility index (Phi) is 4.82. The number of hydrogen-bond acceptors (Lipinski definition) is 5. The number of rotatable bonds is 4. The van der Waals surface area contributed by atoms with Crippen LogP contribution < -0.4 is 14.4 Å². The Morgan fingerprint density at radius 3 is 2.76 bits per heavy atom. The number of carbonyl (C=O) groups excluding carboxylic acids is 1. The number of anilines is 1. The number of amides is 1. The lowest BCUT2D eigenvalue weighted by Gasteiger charge is -2.34. The van der Waals surface area contributed by atoms with Crippen LogP contribution in [0.2, 0.25) is 5.02 Å². The van der Waals surface area contributed by atoms with E-state index in [2.05, 4.69) is 10.3 Å². The van der Waals surface area contributed by atoms with Gasteiger partial charge < -0.3 is 10.1 Å². The van der Waals surface area contributed by atoms with Gasteiger partial charge in [0.05, 0.1) is 18.5 Å². The van der Waals surface area contributed by atoms with Gasteiger partial charge in [-0.15, -0.1) is 0 Å². The summed E-state index contributed by atoms with van der Waals surface area (Å²) in [6, 6.07) is 8.20. The summed E-state index contributed by atoms with van der Waals surface area (Å²) in [5.41, 5.74) is 1.21. The van der Waals surface area contributed by atoms with Crippen molar-refractivity contribution in [1.29, 1.82) is 0 Å². The Bertz CT molecular complexity index is 890. The van der Waals surface area contributed by atoms with Gasteiger partial charge in [-0.25, -0.2) is 8.42 Å². The van der Waals surface area contributed by atoms with E-state index in [1.165, 1.54) is 6.07 Å². The van der Waals surface area contributed by atoms with E-state index >= 15 is 0 Å². The molecule has 132 valence electrons. The van der Waals surface area contributed by atoms with Crippen molar-refractivity contribution in [3.63, 3.8) is 0 Å². The molecule has 3 rings (SSSR count). The first-order chi connectivity index (χ1) is 11.8. The Morgan fingerprint density at radius 2 is 2.08 bits per heavy atom. The van der Waals surface area contributed by atoms with Crippen molar-refractivity contribution in [1.82, 2.24) is 10.3 Å². The number of nitrogens with zero attached hydrogens (tertiary/aromatic N) is 2. The van der Waals surface area contributed by atoms with E-state index in [1.54, 1.807) is 36.7 Å². The molecule has 25 heavy (non-hydrogen) atoms. The minimum atomic E-state index is -3.58. The first-order valence-electron chi connectivity index (χ1n) is 7.45. The number of sulfonamides is 1. The second-order valence-corrected chi connectivity index (χ2v) is 7.93. The highest BCUT2D eigenvalue weighted by Gasteiger charge is 2.35. The molecule has 0 spiro atoms. The fourth-order valence-corrected chi connectivity index (χ4v) is 3.55. The zero-order valence-corrected chi connectivity index (χ0v) is 14.9. The lowest BCUT2D eigenvalue weighted by atomic mass is 10.2. The molecule has 0 saturated heterocycles. The monoisotopic (exact) mass is 381 g/mol. The van der Waals surface area contributed by atoms with Crippen LogP contribution in [0.25, 0.3) is 0 Å². The number of nitrogens with one attached hydrogen (secondary N) is 1. The predicted molar refractivity (Wildman–Crippen MR) is 94.1 cm³/mol. The third-order valence-corrected chi connectivity index (χ3v) is 5.08. The molecule has 2 heterocycles. The first kappa shape index (κ1) is 17.5. The summed E-state index contributed by atoms with van der Waals surface area (Å²) in [5.74, 6) is -0.101. The highest BCUT2D eigenvalue weighted by Crippen LogP contribution is 2.37. The lowest BCUT2D eigenvalue weighted by molar-refractivity contribution is -0.127. The number of halogens is 1. The molecule has 1 aromatic heterocycles. The fourth-order valence-electron chi connectivity index (χ4n) is 2.48. The van der Waals surface area contributed by atoms with Gasteiger partial charge in [-0.05, 0) is 35.9 Å². The Hall–Kier alpha value is -2.32. The Labute approximate surface area is 150 Å². The number of ether oxygens (including phenoxy) is 1. The van der Waals surface area contributed by atoms with Crippen molar-refractivity contribution < 1.29 is 17.9 Å². The summed E-state index contributed by atoms with van der Waals surface area (Å²) < 4.78 is 31.0. The molecule has 1 unspecified atom stereocenters. The molecule has 1 aromatic carbocycles. The number of hydrogen-bond donors (Lipinski definition) is 1. The van der Waals surface area contributed by atoms with E-state index in [1.807, 2.05) is 0 Å². The molecule has 0 saturated carbocycles. The van der Waals surface area contributed by atoms with Crippen LogP contribution in [0.15, 0.2) is 42.7 Å². The molecule has 2 aromatic rings. The zero-order valence-electron chi connectivity index (χ0n) is 13.3. The average molecular weight is 382 g/mol. The topological polar surface area (TPSA) is 88.6 Å². The smallest absolute Gasteiger partial charge is 0.263 e. The van der Waals surface area contributed by atoms with Crippen LogP contribution in [0.5, 0.6) is 5.75 Å². The molecular formula is C16H16ClN3O4S. The van der Waals surface area contributed by atoms with E-state index in [-0.39, 0.29) is 6.54 Å². The van der Waals surface area contributed by atoms with E-state index in [9.17, 15) is 13.2 Å². The minimum Gasteiger partial charge on any atom is -0.476 e. The number of pyridine rings is 1. The molecule has 0 fully saturated rings. The summed E-state index contributed by atoms with van der Waals surface area (Å²) in [6.07, 6.45) is 3.38. The van der Waals surface area contributed by atoms with Gasteiger partial charge in [0, 0.05) is 24.0 Å². The fraction of sp³-hybridized carbons (Fsp3) is 0.250. The van der Waals surface area contributed by atoms with Gasteiger partial charge in [-0.3, -0.25) is 14.1 Å². The summed E-state index contributed by atoms with van der Waals surface area (Å²) in [4.78, 5) is 16.3. The van der Waals surface area contributed by atoms with Crippen LogP contribution in [-0.4, -0.2) is 38.2 Å². The molecular weight excluding hydrogens is 366 g/mol. The molecule has 1 aliphatic rings. The zero-order chi connectivity index (χ0) is 18.0. The van der Waals surface area contributed by atoms with Crippen molar-refractivity contribution in [2.24, 2.45) is 0 Å². The van der Waals surface area contributed by atoms with Gasteiger partial charge in [-0.1, -0.05) is 11.6 Å². The number of carbonyl (C=O) groups is 1. The molecule has 0 radical (unpaired) electrons. The Balaban J connectivity index is 1.79. The van der Waals surface area contributed by atoms with E-state index in [0.29, 0.717) is 23.0 Å². The third-order valence-electron chi connectivity index (χ3n) is 3.70. The molecule has 1 amide bonds. The number of aromatic nitrogens is 1. The van der Waals surface area contributed by atoms with E-state index in [4.69, 9.17) is 16.3 Å². The van der Waals surface area contributed by atoms with Crippen LogP contribution in [0, 0.1) is 0 Å². The van der Waals surface area contributed by atoms with Crippen molar-refractivity contribution in [3.8, 4) is 5.75 Å². The van der Waals surface area contributed by atoms with Gasteiger partial charge in [-0.2, -0.15) is 0 Å². The maximum Gasteiger partial charge on any atom is 0.263 e.